The Balaban J connectivity index is 0. The summed E-state index contributed by atoms with van der Waals surface area (Å²) < 4.78 is 35.6. The molecule has 0 aromatic carbocycles. The molecule has 0 aromatic heterocycles. The zero-order valence-corrected chi connectivity index (χ0v) is 28.5. The second kappa shape index (κ2) is 35.8. The molecule has 45 heavy (non-hydrogen) atoms. The van der Waals surface area contributed by atoms with Gasteiger partial charge in [-0.15, -0.1) is 0 Å². The van der Waals surface area contributed by atoms with Crippen molar-refractivity contribution in [1.29, 1.82) is 0 Å². The van der Waals surface area contributed by atoms with Gasteiger partial charge in [-0.3, -0.25) is 4.79 Å². The Bertz CT molecular complexity index is 698. The van der Waals surface area contributed by atoms with E-state index in [1.807, 2.05) is 14.1 Å². The first-order valence-corrected chi connectivity index (χ1v) is 15.9. The minimum atomic E-state index is -0.448. The van der Waals surface area contributed by atoms with Gasteiger partial charge in [-0.2, -0.15) is 0 Å². The Morgan fingerprint density at radius 1 is 0.622 bits per heavy atom. The topological polar surface area (TPSA) is 164 Å². The highest BCUT2D eigenvalue weighted by molar-refractivity contribution is 5.67. The summed E-state index contributed by atoms with van der Waals surface area (Å²) in [5, 5.41) is 11.7. The maximum atomic E-state index is 11.7. The summed E-state index contributed by atoms with van der Waals surface area (Å²) in [7, 11) is 7.12. The van der Waals surface area contributed by atoms with E-state index < -0.39 is 12.1 Å². The second-order valence-corrected chi connectivity index (χ2v) is 10.2. The molecule has 0 aliphatic heterocycles. The predicted octanol–water partition coefficient (Wildman–Crippen LogP) is 3.35. The Kier molecular flexibility index (Phi) is 35.4. The molecule has 2 amide bonds. The van der Waals surface area contributed by atoms with Crippen LogP contribution in [-0.4, -0.2) is 119 Å². The molecule has 1 atom stereocenters. The molecule has 0 aliphatic rings. The fraction of sp³-hybridized carbons (Fsp3) is 0.839. The van der Waals surface area contributed by atoms with Gasteiger partial charge >= 0.3 is 18.2 Å². The van der Waals surface area contributed by atoms with E-state index in [-0.39, 0.29) is 38.6 Å². The summed E-state index contributed by atoms with van der Waals surface area (Å²) in [4.78, 5) is 33.6. The van der Waals surface area contributed by atoms with Gasteiger partial charge in [-0.1, -0.05) is 19.4 Å². The van der Waals surface area contributed by atoms with Gasteiger partial charge in [0.15, 0.2) is 6.79 Å². The van der Waals surface area contributed by atoms with Crippen LogP contribution in [0.1, 0.15) is 64.7 Å². The van der Waals surface area contributed by atoms with Gasteiger partial charge in [-0.05, 0) is 72.1 Å². The molecule has 0 rings (SSSR count). The molecule has 4 N–H and O–H groups in total. The number of amides is 2. The van der Waals surface area contributed by atoms with E-state index in [0.717, 1.165) is 77.5 Å². The number of hydrogen-bond donors (Lipinski definition) is 4. The summed E-state index contributed by atoms with van der Waals surface area (Å²) >= 11 is 0. The van der Waals surface area contributed by atoms with Crippen molar-refractivity contribution in [3.05, 3.63) is 12.3 Å². The van der Waals surface area contributed by atoms with Crippen LogP contribution in [0.3, 0.4) is 0 Å². The number of rotatable bonds is 29. The van der Waals surface area contributed by atoms with Crippen molar-refractivity contribution in [2.75, 3.05) is 101 Å². The minimum absolute atomic E-state index is 0.0154. The first-order chi connectivity index (χ1) is 21.8. The highest BCUT2D eigenvalue weighted by atomic mass is 16.7. The zero-order chi connectivity index (χ0) is 33.8. The number of alkyl carbamates (subject to hydrolysis) is 2. The number of nitrogens with one attached hydrogen (secondary N) is 4. The Morgan fingerprint density at radius 3 is 1.73 bits per heavy atom. The normalized spacial score (nSPS) is 11.0. The lowest BCUT2D eigenvalue weighted by atomic mass is 10.2. The van der Waals surface area contributed by atoms with E-state index in [2.05, 4.69) is 27.8 Å². The van der Waals surface area contributed by atoms with Crippen molar-refractivity contribution in [2.45, 2.75) is 64.7 Å². The number of carbonyl (C=O) groups excluding carboxylic acids is 3. The van der Waals surface area contributed by atoms with Crippen molar-refractivity contribution < 1.29 is 47.5 Å². The van der Waals surface area contributed by atoms with Gasteiger partial charge in [0.2, 0.25) is 0 Å². The zero-order valence-electron chi connectivity index (χ0n) is 28.5. The van der Waals surface area contributed by atoms with Crippen molar-refractivity contribution in [1.82, 2.24) is 21.3 Å². The lowest BCUT2D eigenvalue weighted by Gasteiger charge is -2.17. The first kappa shape index (κ1) is 44.5. The lowest BCUT2D eigenvalue weighted by Crippen LogP contribution is -2.30. The molecule has 266 valence electrons. The fourth-order valence-electron chi connectivity index (χ4n) is 3.52. The molecule has 0 heterocycles. The maximum Gasteiger partial charge on any atom is 0.407 e. The summed E-state index contributed by atoms with van der Waals surface area (Å²) in [5.41, 5.74) is 0. The van der Waals surface area contributed by atoms with Crippen LogP contribution in [0.4, 0.5) is 9.59 Å². The van der Waals surface area contributed by atoms with Gasteiger partial charge < -0.3 is 54.4 Å². The van der Waals surface area contributed by atoms with E-state index in [1.165, 1.54) is 6.92 Å². The molecule has 0 aliphatic carbocycles. The molecular weight excluding hydrogens is 588 g/mol. The SMILES string of the molecule is C=C(COC(C)=O)OCOCC(COC)COC(=O)NCCCCCNC.CNCCCCCNC(=O)OCCCCCOC. The highest BCUT2D eigenvalue weighted by Gasteiger charge is 2.13. The van der Waals surface area contributed by atoms with Crippen LogP contribution >= 0.6 is 0 Å². The largest absolute Gasteiger partial charge is 0.469 e. The Labute approximate surface area is 270 Å². The molecule has 0 spiro atoms. The standard InChI is InChI=1S/C18H34N2O7.C13H28N2O3/c1-15(10-25-16(2)21)27-14-24-12-17(11-23-4)13-26-18(22)20-9-7-5-6-8-19-3;1-14-9-5-3-6-10-15-13(16)18-12-8-4-7-11-17-2/h17,19H,1,5-14H2,2-4H3,(H,20,22);14H,3-12H2,1-2H3,(H,15,16). The highest BCUT2D eigenvalue weighted by Crippen LogP contribution is 2.03. The summed E-state index contributed by atoms with van der Waals surface area (Å²) in [6, 6.07) is 0. The Morgan fingerprint density at radius 2 is 1.18 bits per heavy atom. The number of carbonyl (C=O) groups is 3. The van der Waals surface area contributed by atoms with Crippen LogP contribution in [-0.2, 0) is 38.0 Å². The number of unbranched alkanes of at least 4 members (excludes halogenated alkanes) is 6. The maximum absolute atomic E-state index is 11.7. The molecule has 0 bridgehead atoms. The monoisotopic (exact) mass is 650 g/mol. The van der Waals surface area contributed by atoms with Crippen LogP contribution in [0.2, 0.25) is 0 Å². The van der Waals surface area contributed by atoms with Crippen LogP contribution in [0.25, 0.3) is 0 Å². The molecule has 14 nitrogen and oxygen atoms in total. The van der Waals surface area contributed by atoms with Crippen LogP contribution in [0, 0.1) is 5.92 Å². The van der Waals surface area contributed by atoms with E-state index in [9.17, 15) is 14.4 Å². The quantitative estimate of drug-likeness (QED) is 0.0307. The lowest BCUT2D eigenvalue weighted by molar-refractivity contribution is -0.141. The van der Waals surface area contributed by atoms with Gasteiger partial charge in [0.1, 0.15) is 19.0 Å². The van der Waals surface area contributed by atoms with E-state index >= 15 is 0 Å². The molecule has 14 heteroatoms. The van der Waals surface area contributed by atoms with Crippen molar-refractivity contribution in [2.24, 2.45) is 5.92 Å². The summed E-state index contributed by atoms with van der Waals surface area (Å²) in [6.07, 6.45) is 8.52. The van der Waals surface area contributed by atoms with E-state index in [1.54, 1.807) is 14.2 Å². The Hall–Kier alpha value is -2.65. The van der Waals surface area contributed by atoms with Crippen LogP contribution in [0.5, 0.6) is 0 Å². The molecule has 0 aromatic rings. The smallest absolute Gasteiger partial charge is 0.407 e. The third kappa shape index (κ3) is 37.4. The third-order valence-corrected chi connectivity index (χ3v) is 5.96. The van der Waals surface area contributed by atoms with Gasteiger partial charge in [-0.25, -0.2) is 9.59 Å². The first-order valence-electron chi connectivity index (χ1n) is 15.9. The molecule has 1 unspecified atom stereocenters. The summed E-state index contributed by atoms with van der Waals surface area (Å²) in [6.45, 7) is 10.3. The van der Waals surface area contributed by atoms with Gasteiger partial charge in [0, 0.05) is 46.8 Å². The fourth-order valence-corrected chi connectivity index (χ4v) is 3.52. The average Bonchev–Trinajstić information content (AvgIpc) is 3.02. The van der Waals surface area contributed by atoms with Crippen molar-refractivity contribution in [3.8, 4) is 0 Å². The predicted molar refractivity (Wildman–Crippen MR) is 173 cm³/mol. The molecule has 0 saturated heterocycles. The minimum Gasteiger partial charge on any atom is -0.469 e. The second-order valence-electron chi connectivity index (χ2n) is 10.2. The molecule has 0 saturated carbocycles. The molecule has 0 fully saturated rings. The van der Waals surface area contributed by atoms with Crippen molar-refractivity contribution >= 4 is 18.2 Å². The number of esters is 1. The van der Waals surface area contributed by atoms with Crippen LogP contribution < -0.4 is 21.3 Å². The van der Waals surface area contributed by atoms with E-state index in [4.69, 9.17) is 33.2 Å². The van der Waals surface area contributed by atoms with Gasteiger partial charge in [0.25, 0.3) is 0 Å². The molecular formula is C31H62N4O10. The number of methoxy groups -OCH3 is 2. The number of hydrogen-bond acceptors (Lipinski definition) is 12. The average molecular weight is 651 g/mol. The molecule has 0 radical (unpaired) electrons. The summed E-state index contributed by atoms with van der Waals surface area (Å²) in [5.74, 6) is -0.241. The van der Waals surface area contributed by atoms with Gasteiger partial charge in [0.05, 0.1) is 19.8 Å². The van der Waals surface area contributed by atoms with Crippen LogP contribution in [0.15, 0.2) is 12.3 Å². The third-order valence-electron chi connectivity index (χ3n) is 5.96. The van der Waals surface area contributed by atoms with Crippen molar-refractivity contribution in [3.63, 3.8) is 0 Å². The number of ether oxygens (including phenoxy) is 7. The van der Waals surface area contributed by atoms with E-state index in [0.29, 0.717) is 32.1 Å².